The number of aromatic nitrogens is 4. The van der Waals surface area contributed by atoms with E-state index in [9.17, 15) is 0 Å². The Hall–Kier alpha value is -1.82. The van der Waals surface area contributed by atoms with E-state index in [1.807, 2.05) is 24.9 Å². The fourth-order valence-electron chi connectivity index (χ4n) is 1.74. The lowest BCUT2D eigenvalue weighted by Crippen LogP contribution is -2.20. The highest BCUT2D eigenvalue weighted by atomic mass is 16.5. The molecular formula is C10H15N5O. The van der Waals surface area contributed by atoms with Crippen molar-refractivity contribution < 1.29 is 4.74 Å². The fraction of sp³-hybridized carbons (Fsp3) is 0.400. The number of nitrogens with two attached hydrogens (primary N) is 1. The normalized spacial score (nSPS) is 12.8. The molecular weight excluding hydrogens is 206 g/mol. The molecule has 2 aromatic heterocycles. The number of methoxy groups -OCH3 is 1. The zero-order chi connectivity index (χ0) is 11.7. The predicted molar refractivity (Wildman–Crippen MR) is 59.0 cm³/mol. The Kier molecular flexibility index (Phi) is 2.66. The summed E-state index contributed by atoms with van der Waals surface area (Å²) in [7, 11) is 5.34. The molecule has 0 radical (unpaired) electrons. The summed E-state index contributed by atoms with van der Waals surface area (Å²) in [5, 5.41) is 4.12. The lowest BCUT2D eigenvalue weighted by atomic mass is 10.2. The lowest BCUT2D eigenvalue weighted by Gasteiger charge is -2.13. The largest absolute Gasteiger partial charge is 0.493 e. The predicted octanol–water partition coefficient (Wildman–Crippen LogP) is 0.210. The Morgan fingerprint density at radius 2 is 2.19 bits per heavy atom. The highest BCUT2D eigenvalue weighted by molar-refractivity contribution is 5.31. The van der Waals surface area contributed by atoms with E-state index < -0.39 is 0 Å². The summed E-state index contributed by atoms with van der Waals surface area (Å²) in [6.45, 7) is 0. The molecule has 1 unspecified atom stereocenters. The molecule has 86 valence electrons. The van der Waals surface area contributed by atoms with Crippen molar-refractivity contribution in [2.45, 2.75) is 6.04 Å². The summed E-state index contributed by atoms with van der Waals surface area (Å²) >= 11 is 0. The first kappa shape index (κ1) is 10.7. The zero-order valence-corrected chi connectivity index (χ0v) is 9.58. The van der Waals surface area contributed by atoms with Crippen LogP contribution in [-0.2, 0) is 14.1 Å². The van der Waals surface area contributed by atoms with Gasteiger partial charge in [-0.15, -0.1) is 0 Å². The minimum Gasteiger partial charge on any atom is -0.493 e. The van der Waals surface area contributed by atoms with Gasteiger partial charge in [-0.1, -0.05) is 0 Å². The van der Waals surface area contributed by atoms with Crippen LogP contribution in [0.2, 0.25) is 0 Å². The van der Waals surface area contributed by atoms with Gasteiger partial charge >= 0.3 is 0 Å². The first-order chi connectivity index (χ1) is 7.65. The van der Waals surface area contributed by atoms with Gasteiger partial charge < -0.3 is 15.0 Å². The van der Waals surface area contributed by atoms with E-state index in [0.717, 1.165) is 11.5 Å². The average molecular weight is 221 g/mol. The molecule has 0 spiro atoms. The molecule has 0 saturated carbocycles. The molecule has 0 aliphatic rings. The minimum absolute atomic E-state index is 0.345. The molecule has 2 N–H and O–H groups in total. The molecule has 0 saturated heterocycles. The maximum atomic E-state index is 6.16. The summed E-state index contributed by atoms with van der Waals surface area (Å²) in [5.41, 5.74) is 6.98. The molecule has 1 atom stereocenters. The van der Waals surface area contributed by atoms with Crippen molar-refractivity contribution in [3.63, 3.8) is 0 Å². The van der Waals surface area contributed by atoms with E-state index in [0.29, 0.717) is 5.75 Å². The molecule has 0 aliphatic carbocycles. The molecule has 0 aromatic carbocycles. The van der Waals surface area contributed by atoms with Gasteiger partial charge in [-0.25, -0.2) is 4.98 Å². The van der Waals surface area contributed by atoms with Crippen molar-refractivity contribution >= 4 is 0 Å². The minimum atomic E-state index is -0.345. The molecule has 0 bridgehead atoms. The van der Waals surface area contributed by atoms with Crippen LogP contribution in [0.5, 0.6) is 5.75 Å². The fourth-order valence-corrected chi connectivity index (χ4v) is 1.74. The highest BCUT2D eigenvalue weighted by Crippen LogP contribution is 2.26. The van der Waals surface area contributed by atoms with E-state index in [2.05, 4.69) is 10.1 Å². The molecule has 2 aromatic rings. The second-order valence-electron chi connectivity index (χ2n) is 3.60. The number of nitrogens with zero attached hydrogens (tertiary/aromatic N) is 4. The van der Waals surface area contributed by atoms with Gasteiger partial charge in [-0.2, -0.15) is 5.10 Å². The van der Waals surface area contributed by atoms with E-state index >= 15 is 0 Å². The van der Waals surface area contributed by atoms with Gasteiger partial charge in [0.2, 0.25) is 0 Å². The van der Waals surface area contributed by atoms with E-state index in [-0.39, 0.29) is 6.04 Å². The molecule has 6 nitrogen and oxygen atoms in total. The average Bonchev–Trinajstić information content (AvgIpc) is 2.83. The molecule has 16 heavy (non-hydrogen) atoms. The summed E-state index contributed by atoms with van der Waals surface area (Å²) < 4.78 is 8.82. The van der Waals surface area contributed by atoms with Crippen LogP contribution in [0.1, 0.15) is 17.6 Å². The lowest BCUT2D eigenvalue weighted by molar-refractivity contribution is 0.404. The van der Waals surface area contributed by atoms with E-state index in [1.54, 1.807) is 24.2 Å². The quantitative estimate of drug-likeness (QED) is 0.804. The Morgan fingerprint density at radius 3 is 2.75 bits per heavy atom. The number of ether oxygens (including phenoxy) is 1. The Labute approximate surface area is 93.6 Å². The molecule has 2 rings (SSSR count). The van der Waals surface area contributed by atoms with E-state index in [1.165, 1.54) is 0 Å². The van der Waals surface area contributed by atoms with Crippen LogP contribution in [0.15, 0.2) is 18.6 Å². The van der Waals surface area contributed by atoms with Gasteiger partial charge in [0, 0.05) is 26.5 Å². The van der Waals surface area contributed by atoms with Crippen LogP contribution in [0.25, 0.3) is 0 Å². The monoisotopic (exact) mass is 221 g/mol. The van der Waals surface area contributed by atoms with Crippen LogP contribution in [0.4, 0.5) is 0 Å². The summed E-state index contributed by atoms with van der Waals surface area (Å²) in [4.78, 5) is 4.23. The second kappa shape index (κ2) is 3.97. The third-order valence-electron chi connectivity index (χ3n) is 2.60. The van der Waals surface area contributed by atoms with Gasteiger partial charge in [-0.05, 0) is 0 Å². The maximum Gasteiger partial charge on any atom is 0.162 e. The van der Waals surface area contributed by atoms with Gasteiger partial charge in [-0.3, -0.25) is 4.68 Å². The zero-order valence-electron chi connectivity index (χ0n) is 9.58. The number of hydrogen-bond donors (Lipinski definition) is 1. The highest BCUT2D eigenvalue weighted by Gasteiger charge is 2.21. The standard InChI is InChI=1S/C10H15N5O/c1-14-5-4-12-10(14)8(11)9-7(16-3)6-13-15(9)2/h4-6,8H,11H2,1-3H3. The van der Waals surface area contributed by atoms with Crippen LogP contribution >= 0.6 is 0 Å². The molecule has 2 heterocycles. The molecule has 0 amide bonds. The third-order valence-corrected chi connectivity index (χ3v) is 2.60. The molecule has 6 heteroatoms. The number of aryl methyl sites for hydroxylation is 2. The van der Waals surface area contributed by atoms with Gasteiger partial charge in [0.15, 0.2) is 5.75 Å². The third kappa shape index (κ3) is 1.57. The van der Waals surface area contributed by atoms with Gasteiger partial charge in [0.25, 0.3) is 0 Å². The van der Waals surface area contributed by atoms with Gasteiger partial charge in [0.05, 0.1) is 13.3 Å². The van der Waals surface area contributed by atoms with E-state index in [4.69, 9.17) is 10.5 Å². The topological polar surface area (TPSA) is 70.9 Å². The number of rotatable bonds is 3. The summed E-state index contributed by atoms with van der Waals surface area (Å²) in [6.07, 6.45) is 5.23. The van der Waals surface area contributed by atoms with Crippen molar-refractivity contribution in [3.05, 3.63) is 30.1 Å². The van der Waals surface area contributed by atoms with Gasteiger partial charge in [0.1, 0.15) is 17.6 Å². The van der Waals surface area contributed by atoms with Crippen molar-refractivity contribution in [2.75, 3.05) is 7.11 Å². The molecule has 0 fully saturated rings. The first-order valence-electron chi connectivity index (χ1n) is 4.93. The summed E-state index contributed by atoms with van der Waals surface area (Å²) in [5.74, 6) is 1.46. The van der Waals surface area contributed by atoms with Crippen LogP contribution in [0.3, 0.4) is 0 Å². The first-order valence-corrected chi connectivity index (χ1v) is 4.93. The van der Waals surface area contributed by atoms with Crippen LogP contribution in [0, 0.1) is 0 Å². The Balaban J connectivity index is 2.44. The molecule has 0 aliphatic heterocycles. The Morgan fingerprint density at radius 1 is 1.44 bits per heavy atom. The number of hydrogen-bond acceptors (Lipinski definition) is 4. The van der Waals surface area contributed by atoms with Crippen LogP contribution in [-0.4, -0.2) is 26.4 Å². The van der Waals surface area contributed by atoms with Crippen molar-refractivity contribution in [3.8, 4) is 5.75 Å². The van der Waals surface area contributed by atoms with Crippen molar-refractivity contribution in [1.82, 2.24) is 19.3 Å². The van der Waals surface area contributed by atoms with Crippen molar-refractivity contribution in [2.24, 2.45) is 19.8 Å². The second-order valence-corrected chi connectivity index (χ2v) is 3.60. The summed E-state index contributed by atoms with van der Waals surface area (Å²) in [6, 6.07) is -0.345. The smallest absolute Gasteiger partial charge is 0.162 e. The maximum absolute atomic E-state index is 6.16. The Bertz CT molecular complexity index is 487. The van der Waals surface area contributed by atoms with Crippen LogP contribution < -0.4 is 10.5 Å². The SMILES string of the molecule is COc1cnn(C)c1C(N)c1nccn1C. The van der Waals surface area contributed by atoms with Crippen molar-refractivity contribution in [1.29, 1.82) is 0 Å². The number of imidazole rings is 1.